The van der Waals surface area contributed by atoms with Gasteiger partial charge in [-0.15, -0.1) is 0 Å². The van der Waals surface area contributed by atoms with Crippen molar-refractivity contribution >= 4 is 17.7 Å². The van der Waals surface area contributed by atoms with Crippen molar-refractivity contribution in [3.05, 3.63) is 0 Å². The minimum absolute atomic E-state index is 0.0195. The van der Waals surface area contributed by atoms with Crippen LogP contribution in [0.15, 0.2) is 0 Å². The van der Waals surface area contributed by atoms with Gasteiger partial charge in [-0.05, 0) is 50.9 Å². The van der Waals surface area contributed by atoms with Crippen molar-refractivity contribution in [2.75, 3.05) is 39.3 Å². The summed E-state index contributed by atoms with van der Waals surface area (Å²) >= 11 is 0. The normalized spacial score (nSPS) is 30.0. The highest BCUT2D eigenvalue weighted by Crippen LogP contribution is 2.41. The summed E-state index contributed by atoms with van der Waals surface area (Å²) in [5.41, 5.74) is -0.361. The first-order chi connectivity index (χ1) is 13.1. The molecule has 0 aromatic rings. The van der Waals surface area contributed by atoms with Gasteiger partial charge in [0.1, 0.15) is 0 Å². The van der Waals surface area contributed by atoms with E-state index in [-0.39, 0.29) is 29.7 Å². The summed E-state index contributed by atoms with van der Waals surface area (Å²) in [7, 11) is 0. The molecular formula is C21H33N3O3. The zero-order valence-corrected chi connectivity index (χ0v) is 16.5. The Hall–Kier alpha value is -1.59. The Labute approximate surface area is 162 Å². The lowest BCUT2D eigenvalue weighted by atomic mass is 9.77. The Morgan fingerprint density at radius 2 is 1.74 bits per heavy atom. The Balaban J connectivity index is 1.35. The number of nitrogens with zero attached hydrogens (tertiary/aromatic N) is 3. The third-order valence-corrected chi connectivity index (χ3v) is 7.23. The minimum atomic E-state index is -0.361. The minimum Gasteiger partial charge on any atom is -0.342 e. The number of hydrogen-bond donors (Lipinski definition) is 0. The fourth-order valence-electron chi connectivity index (χ4n) is 5.25. The van der Waals surface area contributed by atoms with E-state index in [4.69, 9.17) is 0 Å². The highest BCUT2D eigenvalue weighted by molar-refractivity contribution is 5.88. The third kappa shape index (κ3) is 3.85. The molecule has 3 aliphatic heterocycles. The molecule has 0 radical (unpaired) electrons. The summed E-state index contributed by atoms with van der Waals surface area (Å²) in [5, 5.41) is 0. The monoisotopic (exact) mass is 375 g/mol. The number of amides is 3. The van der Waals surface area contributed by atoms with Crippen LogP contribution in [0.4, 0.5) is 0 Å². The zero-order valence-electron chi connectivity index (χ0n) is 16.5. The average Bonchev–Trinajstić information content (AvgIpc) is 2.95. The lowest BCUT2D eigenvalue weighted by Gasteiger charge is -2.42. The van der Waals surface area contributed by atoms with Gasteiger partial charge in [0.05, 0.1) is 12.0 Å². The number of carbonyl (C=O) groups is 3. The number of piperidine rings is 1. The van der Waals surface area contributed by atoms with Crippen LogP contribution in [0.1, 0.15) is 64.2 Å². The van der Waals surface area contributed by atoms with Crippen LogP contribution in [0, 0.1) is 11.3 Å². The van der Waals surface area contributed by atoms with Gasteiger partial charge in [-0.2, -0.15) is 0 Å². The van der Waals surface area contributed by atoms with Gasteiger partial charge in [-0.25, -0.2) is 0 Å². The van der Waals surface area contributed by atoms with Gasteiger partial charge in [0.2, 0.25) is 17.7 Å². The summed E-state index contributed by atoms with van der Waals surface area (Å²) in [5.74, 6) is 1.10. The second kappa shape index (κ2) is 7.80. The molecule has 4 rings (SSSR count). The van der Waals surface area contributed by atoms with Gasteiger partial charge in [-0.3, -0.25) is 14.4 Å². The van der Waals surface area contributed by atoms with E-state index in [9.17, 15) is 14.4 Å². The van der Waals surface area contributed by atoms with Gasteiger partial charge >= 0.3 is 0 Å². The number of hydrogen-bond acceptors (Lipinski definition) is 3. The highest BCUT2D eigenvalue weighted by Gasteiger charge is 2.49. The molecule has 6 heteroatoms. The molecule has 0 bridgehead atoms. The Morgan fingerprint density at radius 3 is 2.52 bits per heavy atom. The van der Waals surface area contributed by atoms with E-state index in [1.165, 1.54) is 19.3 Å². The Kier molecular flexibility index (Phi) is 5.42. The van der Waals surface area contributed by atoms with Crippen LogP contribution in [0.25, 0.3) is 0 Å². The fourth-order valence-corrected chi connectivity index (χ4v) is 5.25. The second-order valence-corrected chi connectivity index (χ2v) is 9.12. The van der Waals surface area contributed by atoms with E-state index < -0.39 is 0 Å². The van der Waals surface area contributed by atoms with E-state index >= 15 is 0 Å². The van der Waals surface area contributed by atoms with E-state index in [2.05, 4.69) is 4.90 Å². The third-order valence-electron chi connectivity index (χ3n) is 7.23. The highest BCUT2D eigenvalue weighted by atomic mass is 16.2. The van der Waals surface area contributed by atoms with Gasteiger partial charge in [-0.1, -0.05) is 12.8 Å². The fraction of sp³-hybridized carbons (Fsp3) is 0.857. The molecule has 27 heavy (non-hydrogen) atoms. The molecule has 4 aliphatic rings. The van der Waals surface area contributed by atoms with Crippen LogP contribution in [-0.2, 0) is 14.4 Å². The zero-order chi connectivity index (χ0) is 18.9. The first-order valence-electron chi connectivity index (χ1n) is 10.9. The smallest absolute Gasteiger partial charge is 0.242 e. The van der Waals surface area contributed by atoms with Crippen LogP contribution >= 0.6 is 0 Å². The molecule has 3 heterocycles. The molecule has 1 saturated carbocycles. The summed E-state index contributed by atoms with van der Waals surface area (Å²) in [6.45, 7) is 3.88. The molecule has 6 nitrogen and oxygen atoms in total. The van der Waals surface area contributed by atoms with Crippen molar-refractivity contribution < 1.29 is 14.4 Å². The van der Waals surface area contributed by atoms with Crippen LogP contribution < -0.4 is 0 Å². The van der Waals surface area contributed by atoms with Crippen LogP contribution in [0.3, 0.4) is 0 Å². The van der Waals surface area contributed by atoms with E-state index in [1.807, 2.05) is 4.90 Å². The number of carbonyl (C=O) groups excluding carboxylic acids is 3. The molecule has 1 atom stereocenters. The van der Waals surface area contributed by atoms with E-state index in [1.54, 1.807) is 4.90 Å². The molecule has 1 aliphatic carbocycles. The van der Waals surface area contributed by atoms with Crippen molar-refractivity contribution in [2.24, 2.45) is 11.3 Å². The van der Waals surface area contributed by atoms with Gasteiger partial charge < -0.3 is 14.7 Å². The average molecular weight is 376 g/mol. The lowest BCUT2D eigenvalue weighted by Crippen LogP contribution is -2.52. The van der Waals surface area contributed by atoms with Crippen LogP contribution in [0.2, 0.25) is 0 Å². The van der Waals surface area contributed by atoms with Crippen molar-refractivity contribution in [1.82, 2.24) is 14.7 Å². The lowest BCUT2D eigenvalue weighted by molar-refractivity contribution is -0.148. The molecule has 1 spiro atoms. The summed E-state index contributed by atoms with van der Waals surface area (Å²) in [4.78, 5) is 43.9. The Morgan fingerprint density at radius 1 is 0.926 bits per heavy atom. The SMILES string of the molecule is O=C1CCCCCN1CC(=O)N1CCC2(CCCN(CC3CCC3)C2=O)C1. The Bertz CT molecular complexity index is 603. The van der Waals surface area contributed by atoms with Crippen molar-refractivity contribution in [3.63, 3.8) is 0 Å². The maximum absolute atomic E-state index is 13.2. The van der Waals surface area contributed by atoms with Crippen LogP contribution in [0.5, 0.6) is 0 Å². The largest absolute Gasteiger partial charge is 0.342 e. The number of likely N-dealkylation sites (tertiary alicyclic amines) is 3. The molecule has 150 valence electrons. The standard InChI is InChI=1S/C21H33N3O3/c25-18-8-2-1-3-11-22(18)15-19(26)24-13-10-21(16-24)9-5-12-23(20(21)27)14-17-6-4-7-17/h17H,1-16H2. The first kappa shape index (κ1) is 18.8. The topological polar surface area (TPSA) is 60.9 Å². The summed E-state index contributed by atoms with van der Waals surface area (Å²) in [6, 6.07) is 0. The van der Waals surface area contributed by atoms with Gasteiger partial charge in [0, 0.05) is 39.1 Å². The predicted molar refractivity (Wildman–Crippen MR) is 102 cm³/mol. The van der Waals surface area contributed by atoms with E-state index in [0.717, 1.165) is 51.6 Å². The molecule has 1 unspecified atom stereocenters. The quantitative estimate of drug-likeness (QED) is 0.755. The van der Waals surface area contributed by atoms with E-state index in [0.29, 0.717) is 32.0 Å². The number of rotatable bonds is 4. The maximum Gasteiger partial charge on any atom is 0.242 e. The predicted octanol–water partition coefficient (Wildman–Crippen LogP) is 2.03. The second-order valence-electron chi connectivity index (χ2n) is 9.12. The van der Waals surface area contributed by atoms with Crippen molar-refractivity contribution in [2.45, 2.75) is 64.2 Å². The molecule has 3 amide bonds. The maximum atomic E-state index is 13.2. The molecule has 0 N–H and O–H groups in total. The first-order valence-corrected chi connectivity index (χ1v) is 10.9. The van der Waals surface area contributed by atoms with Gasteiger partial charge in [0.15, 0.2) is 0 Å². The van der Waals surface area contributed by atoms with Gasteiger partial charge in [0.25, 0.3) is 0 Å². The van der Waals surface area contributed by atoms with Crippen LogP contribution in [-0.4, -0.2) is 71.7 Å². The molecule has 3 saturated heterocycles. The summed E-state index contributed by atoms with van der Waals surface area (Å²) < 4.78 is 0. The summed E-state index contributed by atoms with van der Waals surface area (Å²) in [6.07, 6.45) is 10.1. The molecule has 0 aromatic carbocycles. The van der Waals surface area contributed by atoms with Crippen molar-refractivity contribution in [1.29, 1.82) is 0 Å². The molecule has 4 fully saturated rings. The molecular weight excluding hydrogens is 342 g/mol. The van der Waals surface area contributed by atoms with Crippen molar-refractivity contribution in [3.8, 4) is 0 Å². The molecule has 0 aromatic heterocycles.